The third kappa shape index (κ3) is 2.18. The van der Waals surface area contributed by atoms with Crippen LogP contribution in [0.15, 0.2) is 94.3 Å². The normalized spacial score (nSPS) is 15.1. The van der Waals surface area contributed by atoms with Gasteiger partial charge in [-0.05, 0) is 64.9 Å². The van der Waals surface area contributed by atoms with Crippen LogP contribution in [-0.2, 0) is 0 Å². The fraction of sp³-hybridized carbons (Fsp3) is 0. The Kier molecular flexibility index (Phi) is 3.69. The Bertz CT molecular complexity index is 2310. The highest BCUT2D eigenvalue weighted by Gasteiger charge is 2.56. The zero-order valence-corrected chi connectivity index (χ0v) is 26.2. The van der Waals surface area contributed by atoms with Crippen molar-refractivity contribution >= 4 is 125 Å². The summed E-state index contributed by atoms with van der Waals surface area (Å²) in [4.78, 5) is 11.4. The van der Waals surface area contributed by atoms with Crippen molar-refractivity contribution in [1.29, 1.82) is 0 Å². The predicted octanol–water partition coefficient (Wildman–Crippen LogP) is 8.36. The first-order valence-electron chi connectivity index (χ1n) is 15.0. The highest BCUT2D eigenvalue weighted by Crippen LogP contribution is 2.68. The van der Waals surface area contributed by atoms with Crippen LogP contribution in [-0.4, -0.2) is 13.7 Å². The van der Waals surface area contributed by atoms with Crippen molar-refractivity contribution in [2.24, 2.45) is 0 Å². The van der Waals surface area contributed by atoms with Gasteiger partial charge in [0.2, 0.25) is 0 Å². The summed E-state index contributed by atoms with van der Waals surface area (Å²) in [5.41, 5.74) is 17.1. The van der Waals surface area contributed by atoms with Crippen molar-refractivity contribution < 1.29 is 0 Å². The van der Waals surface area contributed by atoms with Crippen molar-refractivity contribution in [1.82, 2.24) is 0 Å². The summed E-state index contributed by atoms with van der Waals surface area (Å²) >= 11 is 7.68. The summed E-state index contributed by atoms with van der Waals surface area (Å²) < 4.78 is 0. The second-order valence-corrected chi connectivity index (χ2v) is 16.0. The summed E-state index contributed by atoms with van der Waals surface area (Å²) in [6.07, 6.45) is 0. The van der Waals surface area contributed by atoms with Gasteiger partial charge in [0.15, 0.2) is 0 Å². The standard InChI is InChI=1S/C36H16B2N2S4/c1-2-6-18-17(5-1)25-29-30-26(18)34-22(10-14-42-34)38-24-12-16-44-36(24)28-20-8-4-3-7-19(20)27-31(32(28)40(30)38)39(29)37(21-9-13-41-33(21)25)23-11-15-43-35(23)27/h1-16H. The van der Waals surface area contributed by atoms with Gasteiger partial charge in [-0.15, -0.1) is 45.3 Å². The lowest BCUT2D eigenvalue weighted by Crippen LogP contribution is -2.64. The van der Waals surface area contributed by atoms with Crippen molar-refractivity contribution in [2.75, 3.05) is 9.62 Å². The smallest absolute Gasteiger partial charge is 0.331 e. The van der Waals surface area contributed by atoms with Crippen LogP contribution in [0.1, 0.15) is 0 Å². The van der Waals surface area contributed by atoms with Gasteiger partial charge in [-0.3, -0.25) is 0 Å². The molecule has 0 atom stereocenters. The minimum atomic E-state index is 0.170. The van der Waals surface area contributed by atoms with E-state index >= 15 is 0 Å². The number of hydrogen-bond donors (Lipinski definition) is 0. The maximum absolute atomic E-state index is 2.80. The second-order valence-electron chi connectivity index (χ2n) is 12.4. The monoisotopic (exact) mass is 626 g/mol. The number of hydrogen-bond acceptors (Lipinski definition) is 6. The van der Waals surface area contributed by atoms with E-state index < -0.39 is 0 Å². The van der Waals surface area contributed by atoms with E-state index in [2.05, 4.69) is 104 Å². The van der Waals surface area contributed by atoms with Crippen LogP contribution >= 0.6 is 45.3 Å². The van der Waals surface area contributed by atoms with E-state index in [1.807, 2.05) is 45.3 Å². The van der Waals surface area contributed by atoms with E-state index in [9.17, 15) is 0 Å². The van der Waals surface area contributed by atoms with E-state index in [0.29, 0.717) is 0 Å². The third-order valence-corrected chi connectivity index (χ3v) is 14.5. The molecule has 8 aromatic rings. The number of benzene rings is 4. The number of fused-ring (bicyclic) bond motifs is 18. The van der Waals surface area contributed by atoms with E-state index in [-0.39, 0.29) is 13.7 Å². The molecule has 0 saturated carbocycles. The Hall–Kier alpha value is -4.07. The molecule has 4 aromatic heterocycles. The highest BCUT2D eigenvalue weighted by atomic mass is 32.1. The summed E-state index contributed by atoms with van der Waals surface area (Å²) in [5, 5.41) is 14.8. The fourth-order valence-corrected chi connectivity index (χ4v) is 13.2. The Morgan fingerprint density at radius 2 is 0.636 bits per heavy atom. The Balaban J connectivity index is 1.38. The van der Waals surface area contributed by atoms with Gasteiger partial charge in [0.05, 0.1) is 22.7 Å². The second kappa shape index (κ2) is 7.24. The molecule has 0 aliphatic carbocycles. The maximum atomic E-state index is 2.80. The Morgan fingerprint density at radius 3 is 0.909 bits per heavy atom. The minimum Gasteiger partial charge on any atom is -0.372 e. The van der Waals surface area contributed by atoms with Crippen LogP contribution in [0.4, 0.5) is 22.7 Å². The van der Waals surface area contributed by atoms with Crippen LogP contribution in [0.3, 0.4) is 0 Å². The van der Waals surface area contributed by atoms with Gasteiger partial charge < -0.3 is 9.62 Å². The molecule has 2 nitrogen and oxygen atoms in total. The van der Waals surface area contributed by atoms with Crippen LogP contribution in [0, 0.1) is 0 Å². The van der Waals surface area contributed by atoms with Crippen LogP contribution < -0.4 is 31.5 Å². The van der Waals surface area contributed by atoms with Gasteiger partial charge in [0.25, 0.3) is 0 Å². The molecule has 0 fully saturated rings. The molecule has 4 aromatic carbocycles. The zero-order valence-electron chi connectivity index (χ0n) is 22.9. The van der Waals surface area contributed by atoms with Crippen molar-refractivity contribution in [3.63, 3.8) is 0 Å². The molecular formula is C36H16B2N2S4. The first kappa shape index (κ1) is 22.4. The van der Waals surface area contributed by atoms with Crippen LogP contribution in [0.2, 0.25) is 0 Å². The number of anilines is 4. The lowest BCUT2D eigenvalue weighted by Gasteiger charge is -2.54. The summed E-state index contributed by atoms with van der Waals surface area (Å²) in [6, 6.07) is 28.1. The van der Waals surface area contributed by atoms with Crippen LogP contribution in [0.25, 0.3) is 63.3 Å². The molecule has 200 valence electrons. The molecule has 0 bridgehead atoms. The molecule has 13 rings (SSSR count). The largest absolute Gasteiger partial charge is 0.372 e. The summed E-state index contributed by atoms with van der Waals surface area (Å²) in [7, 11) is 0. The Morgan fingerprint density at radius 1 is 0.364 bits per heavy atom. The third-order valence-electron chi connectivity index (χ3n) is 10.7. The maximum Gasteiger partial charge on any atom is 0.331 e. The molecule has 0 amide bonds. The average molecular weight is 626 g/mol. The fourth-order valence-electron chi connectivity index (χ4n) is 9.26. The highest BCUT2D eigenvalue weighted by molar-refractivity contribution is 7.21. The number of rotatable bonds is 0. The van der Waals surface area contributed by atoms with Gasteiger partial charge in [0, 0.05) is 41.8 Å². The lowest BCUT2D eigenvalue weighted by molar-refractivity contribution is 1.26. The summed E-state index contributed by atoms with van der Waals surface area (Å²) in [5.74, 6) is 0. The van der Waals surface area contributed by atoms with E-state index in [1.165, 1.54) is 108 Å². The van der Waals surface area contributed by atoms with E-state index in [0.717, 1.165) is 0 Å². The molecule has 44 heavy (non-hydrogen) atoms. The lowest BCUT2D eigenvalue weighted by atomic mass is 9.42. The molecule has 0 radical (unpaired) electrons. The summed E-state index contributed by atoms with van der Waals surface area (Å²) in [6.45, 7) is 0.339. The topological polar surface area (TPSA) is 6.48 Å². The van der Waals surface area contributed by atoms with Crippen molar-refractivity contribution in [3.8, 4) is 41.8 Å². The SMILES string of the molecule is c1ccc2c3c4c5c(c2c1)-c1sccc1B1c2ccsc2-c2c(c6c(c7ccccc27)-c2sccc2B(c2ccsc2-3)N46)N15. The molecule has 5 aliphatic rings. The van der Waals surface area contributed by atoms with Crippen LogP contribution in [0.5, 0.6) is 0 Å². The first-order chi connectivity index (χ1) is 21.9. The Labute approximate surface area is 269 Å². The number of thiophene rings is 4. The molecule has 0 spiro atoms. The molecule has 8 heteroatoms. The number of nitrogens with zero attached hydrogens (tertiary/aromatic N) is 2. The van der Waals surface area contributed by atoms with E-state index in [1.54, 1.807) is 0 Å². The first-order valence-corrected chi connectivity index (χ1v) is 18.5. The molecular weight excluding hydrogens is 610 g/mol. The van der Waals surface area contributed by atoms with Gasteiger partial charge in [-0.25, -0.2) is 0 Å². The molecule has 0 N–H and O–H groups in total. The minimum absolute atomic E-state index is 0.170. The quantitative estimate of drug-likeness (QED) is 0.156. The zero-order chi connectivity index (χ0) is 28.0. The molecule has 0 unspecified atom stereocenters. The van der Waals surface area contributed by atoms with E-state index in [4.69, 9.17) is 0 Å². The van der Waals surface area contributed by atoms with Gasteiger partial charge >= 0.3 is 13.7 Å². The van der Waals surface area contributed by atoms with Crippen molar-refractivity contribution in [2.45, 2.75) is 0 Å². The van der Waals surface area contributed by atoms with Gasteiger partial charge in [-0.2, -0.15) is 0 Å². The predicted molar refractivity (Wildman–Crippen MR) is 195 cm³/mol. The van der Waals surface area contributed by atoms with Gasteiger partial charge in [0.1, 0.15) is 0 Å². The molecule has 0 saturated heterocycles. The van der Waals surface area contributed by atoms with Crippen molar-refractivity contribution in [3.05, 3.63) is 94.3 Å². The molecule has 9 heterocycles. The molecule has 5 aliphatic heterocycles. The van der Waals surface area contributed by atoms with Gasteiger partial charge in [-0.1, -0.05) is 72.8 Å². The average Bonchev–Trinajstić information content (AvgIpc) is 3.89.